The van der Waals surface area contributed by atoms with E-state index in [2.05, 4.69) is 0 Å². The second-order valence-electron chi connectivity index (χ2n) is 2.83. The molecule has 1 rings (SSSR count). The summed E-state index contributed by atoms with van der Waals surface area (Å²) >= 11 is 0. The van der Waals surface area contributed by atoms with Crippen LogP contribution < -0.4 is 10.5 Å². The van der Waals surface area contributed by atoms with Crippen molar-refractivity contribution in [1.29, 1.82) is 5.26 Å². The highest BCUT2D eigenvalue weighted by Crippen LogP contribution is 2.27. The van der Waals surface area contributed by atoms with Gasteiger partial charge in [0.15, 0.2) is 0 Å². The van der Waals surface area contributed by atoms with Crippen LogP contribution in [0.3, 0.4) is 0 Å². The zero-order chi connectivity index (χ0) is 10.6. The molecule has 0 radical (unpaired) electrons. The Morgan fingerprint density at radius 1 is 1.64 bits per heavy atom. The first kappa shape index (κ1) is 10.5. The number of ether oxygens (including phenoxy) is 1. The third-order valence-electron chi connectivity index (χ3n) is 1.97. The molecule has 0 spiro atoms. The Kier molecular flexibility index (Phi) is 3.46. The lowest BCUT2D eigenvalue weighted by molar-refractivity contribution is 0.264. The quantitative estimate of drug-likeness (QED) is 0.733. The van der Waals surface area contributed by atoms with E-state index in [1.165, 1.54) is 7.11 Å². The van der Waals surface area contributed by atoms with Crippen molar-refractivity contribution in [3.05, 3.63) is 29.3 Å². The summed E-state index contributed by atoms with van der Waals surface area (Å²) in [4.78, 5) is 0. The third-order valence-corrected chi connectivity index (χ3v) is 1.97. The van der Waals surface area contributed by atoms with Crippen molar-refractivity contribution in [3.8, 4) is 11.8 Å². The molecule has 1 atom stereocenters. The van der Waals surface area contributed by atoms with Crippen molar-refractivity contribution >= 4 is 0 Å². The largest absolute Gasteiger partial charge is 0.495 e. The van der Waals surface area contributed by atoms with Crippen molar-refractivity contribution in [2.24, 2.45) is 5.73 Å². The van der Waals surface area contributed by atoms with Gasteiger partial charge < -0.3 is 15.6 Å². The minimum absolute atomic E-state index is 0.175. The van der Waals surface area contributed by atoms with Gasteiger partial charge in [0.1, 0.15) is 11.8 Å². The molecule has 0 unspecified atom stereocenters. The molecule has 74 valence electrons. The number of nitriles is 1. The minimum atomic E-state index is -0.516. The minimum Gasteiger partial charge on any atom is -0.495 e. The first-order valence-electron chi connectivity index (χ1n) is 4.18. The normalized spacial score (nSPS) is 11.9. The van der Waals surface area contributed by atoms with E-state index in [4.69, 9.17) is 20.8 Å². The summed E-state index contributed by atoms with van der Waals surface area (Å²) < 4.78 is 5.08. The SMILES string of the molecule is COc1c(C#N)cccc1[C@H](N)CO. The maximum absolute atomic E-state index is 8.91. The lowest BCUT2D eigenvalue weighted by atomic mass is 10.0. The Morgan fingerprint density at radius 2 is 2.36 bits per heavy atom. The Balaban J connectivity index is 3.23. The first-order chi connectivity index (χ1) is 6.74. The number of nitrogens with zero attached hydrogens (tertiary/aromatic N) is 1. The Labute approximate surface area is 82.5 Å². The number of aliphatic hydroxyl groups excluding tert-OH is 1. The molecule has 1 aromatic rings. The topological polar surface area (TPSA) is 79.3 Å². The van der Waals surface area contributed by atoms with Crippen LogP contribution in [-0.2, 0) is 0 Å². The van der Waals surface area contributed by atoms with E-state index >= 15 is 0 Å². The molecule has 0 aliphatic carbocycles. The van der Waals surface area contributed by atoms with Crippen LogP contribution in [0.5, 0.6) is 5.75 Å². The molecule has 0 fully saturated rings. The lowest BCUT2D eigenvalue weighted by Crippen LogP contribution is -2.15. The molecule has 0 heterocycles. The summed E-state index contributed by atoms with van der Waals surface area (Å²) in [5.41, 5.74) is 6.73. The van der Waals surface area contributed by atoms with Crippen molar-refractivity contribution in [3.63, 3.8) is 0 Å². The zero-order valence-electron chi connectivity index (χ0n) is 7.90. The maximum atomic E-state index is 8.91. The van der Waals surface area contributed by atoms with Gasteiger partial charge in [0.25, 0.3) is 0 Å². The molecule has 0 aromatic heterocycles. The molecule has 14 heavy (non-hydrogen) atoms. The molecule has 1 aromatic carbocycles. The summed E-state index contributed by atoms with van der Waals surface area (Å²) in [6.07, 6.45) is 0. The van der Waals surface area contributed by atoms with Gasteiger partial charge in [0.05, 0.1) is 25.3 Å². The van der Waals surface area contributed by atoms with Crippen LogP contribution in [0.4, 0.5) is 0 Å². The third kappa shape index (κ3) is 1.84. The number of nitrogens with two attached hydrogens (primary N) is 1. The summed E-state index contributed by atoms with van der Waals surface area (Å²) in [5, 5.41) is 17.7. The van der Waals surface area contributed by atoms with Crippen molar-refractivity contribution in [2.45, 2.75) is 6.04 Å². The van der Waals surface area contributed by atoms with Gasteiger partial charge in [0, 0.05) is 5.56 Å². The Hall–Kier alpha value is -1.57. The molecule has 0 saturated carbocycles. The van der Waals surface area contributed by atoms with Crippen molar-refractivity contribution in [2.75, 3.05) is 13.7 Å². The molecule has 0 saturated heterocycles. The predicted molar refractivity (Wildman–Crippen MR) is 51.7 cm³/mol. The summed E-state index contributed by atoms with van der Waals surface area (Å²) in [6, 6.07) is 6.58. The van der Waals surface area contributed by atoms with Crippen LogP contribution in [0, 0.1) is 11.3 Å². The number of para-hydroxylation sites is 1. The van der Waals surface area contributed by atoms with E-state index in [0.717, 1.165) is 0 Å². The zero-order valence-corrected chi connectivity index (χ0v) is 7.90. The average molecular weight is 192 g/mol. The smallest absolute Gasteiger partial charge is 0.141 e. The average Bonchev–Trinajstić information content (AvgIpc) is 2.26. The Morgan fingerprint density at radius 3 is 2.86 bits per heavy atom. The van der Waals surface area contributed by atoms with Gasteiger partial charge in [-0.15, -0.1) is 0 Å². The summed E-state index contributed by atoms with van der Waals surface area (Å²) in [6.45, 7) is -0.175. The van der Waals surface area contributed by atoms with Crippen LogP contribution in [0.25, 0.3) is 0 Å². The van der Waals surface area contributed by atoms with Crippen molar-refractivity contribution < 1.29 is 9.84 Å². The van der Waals surface area contributed by atoms with E-state index in [9.17, 15) is 0 Å². The van der Waals surface area contributed by atoms with E-state index in [-0.39, 0.29) is 6.61 Å². The monoisotopic (exact) mass is 192 g/mol. The fourth-order valence-electron chi connectivity index (χ4n) is 1.26. The second kappa shape index (κ2) is 4.61. The number of hydrogen-bond donors (Lipinski definition) is 2. The van der Waals surface area contributed by atoms with Crippen LogP contribution in [0.15, 0.2) is 18.2 Å². The van der Waals surface area contributed by atoms with Gasteiger partial charge in [0.2, 0.25) is 0 Å². The highest BCUT2D eigenvalue weighted by Gasteiger charge is 2.13. The molecular weight excluding hydrogens is 180 g/mol. The maximum Gasteiger partial charge on any atom is 0.141 e. The van der Waals surface area contributed by atoms with Gasteiger partial charge >= 0.3 is 0 Å². The van der Waals surface area contributed by atoms with E-state index in [1.54, 1.807) is 18.2 Å². The predicted octanol–water partition coefficient (Wildman–Crippen LogP) is 0.559. The number of methoxy groups -OCH3 is 1. The lowest BCUT2D eigenvalue weighted by Gasteiger charge is -2.13. The summed E-state index contributed by atoms with van der Waals surface area (Å²) in [5.74, 6) is 0.441. The van der Waals surface area contributed by atoms with E-state index < -0.39 is 6.04 Å². The molecule has 0 aliphatic rings. The van der Waals surface area contributed by atoms with Gasteiger partial charge in [-0.1, -0.05) is 12.1 Å². The molecule has 3 N–H and O–H groups in total. The van der Waals surface area contributed by atoms with Gasteiger partial charge in [-0.05, 0) is 6.07 Å². The van der Waals surface area contributed by atoms with Crippen molar-refractivity contribution in [1.82, 2.24) is 0 Å². The second-order valence-corrected chi connectivity index (χ2v) is 2.83. The van der Waals surface area contributed by atoms with Gasteiger partial charge in [-0.3, -0.25) is 0 Å². The van der Waals surface area contributed by atoms with Gasteiger partial charge in [-0.2, -0.15) is 5.26 Å². The van der Waals surface area contributed by atoms with Crippen LogP contribution >= 0.6 is 0 Å². The van der Waals surface area contributed by atoms with Crippen LogP contribution in [0.2, 0.25) is 0 Å². The molecule has 0 bridgehead atoms. The summed E-state index contributed by atoms with van der Waals surface area (Å²) in [7, 11) is 1.48. The first-order valence-corrected chi connectivity index (χ1v) is 4.18. The van der Waals surface area contributed by atoms with Gasteiger partial charge in [-0.25, -0.2) is 0 Å². The highest BCUT2D eigenvalue weighted by molar-refractivity contribution is 5.49. The van der Waals surface area contributed by atoms with Crippen LogP contribution in [0.1, 0.15) is 17.2 Å². The number of rotatable bonds is 3. The highest BCUT2D eigenvalue weighted by atomic mass is 16.5. The standard InChI is InChI=1S/C10H12N2O2/c1-14-10-7(5-11)3-2-4-8(10)9(12)6-13/h2-4,9,13H,6,12H2,1H3/t9-/m1/s1. The fourth-order valence-corrected chi connectivity index (χ4v) is 1.26. The molecule has 4 nitrogen and oxygen atoms in total. The molecular formula is C10H12N2O2. The molecule has 4 heteroatoms. The van der Waals surface area contributed by atoms with Crippen LogP contribution in [-0.4, -0.2) is 18.8 Å². The van der Waals surface area contributed by atoms with E-state index in [0.29, 0.717) is 16.9 Å². The fraction of sp³-hybridized carbons (Fsp3) is 0.300. The number of aliphatic hydroxyl groups is 1. The molecule has 0 aliphatic heterocycles. The number of benzene rings is 1. The number of hydrogen-bond acceptors (Lipinski definition) is 4. The Bertz CT molecular complexity index is 358. The van der Waals surface area contributed by atoms with E-state index in [1.807, 2.05) is 6.07 Å². The molecule has 0 amide bonds.